The summed E-state index contributed by atoms with van der Waals surface area (Å²) in [6.07, 6.45) is -3.04. The molecule has 0 atom stereocenters. The van der Waals surface area contributed by atoms with Gasteiger partial charge in [0, 0.05) is 11.5 Å². The summed E-state index contributed by atoms with van der Waals surface area (Å²) in [5.41, 5.74) is 0.849. The van der Waals surface area contributed by atoms with Gasteiger partial charge in [0.1, 0.15) is 18.1 Å². The Morgan fingerprint density at radius 2 is 1.79 bits per heavy atom. The average Bonchev–Trinajstić information content (AvgIpc) is 2.53. The molecule has 0 unspecified atom stereocenters. The summed E-state index contributed by atoms with van der Waals surface area (Å²) in [6.45, 7) is 0.235. The van der Waals surface area contributed by atoms with Crippen LogP contribution in [0.2, 0.25) is 0 Å². The van der Waals surface area contributed by atoms with Gasteiger partial charge in [-0.1, -0.05) is 0 Å². The number of hydrogen-bond acceptors (Lipinski definition) is 3. The third-order valence-corrected chi connectivity index (χ3v) is 3.70. The number of alkyl halides is 3. The van der Waals surface area contributed by atoms with Crippen molar-refractivity contribution in [3.8, 4) is 11.5 Å². The first-order valence-corrected chi connectivity index (χ1v) is 7.22. The molecule has 0 spiro atoms. The Bertz CT molecular complexity index is 894. The lowest BCUT2D eigenvalue weighted by molar-refractivity contribution is -0.671. The van der Waals surface area contributed by atoms with Gasteiger partial charge in [0.05, 0.1) is 17.9 Å². The Balaban J connectivity index is 2.25. The van der Waals surface area contributed by atoms with Crippen LogP contribution in [0, 0.1) is 0 Å². The molecular formula is C17H15F3NO3+. The minimum Gasteiger partial charge on any atom is -0.497 e. The van der Waals surface area contributed by atoms with Crippen LogP contribution in [0.15, 0.2) is 42.6 Å². The highest BCUT2D eigenvalue weighted by Crippen LogP contribution is 2.30. The van der Waals surface area contributed by atoms with E-state index < -0.39 is 6.36 Å². The van der Waals surface area contributed by atoms with E-state index in [1.165, 1.54) is 12.1 Å². The van der Waals surface area contributed by atoms with Crippen molar-refractivity contribution in [3.05, 3.63) is 42.6 Å². The average molecular weight is 338 g/mol. The minimum atomic E-state index is -4.74. The fourth-order valence-corrected chi connectivity index (χ4v) is 2.73. The van der Waals surface area contributed by atoms with Gasteiger partial charge in [-0.2, -0.15) is 4.57 Å². The Morgan fingerprint density at radius 1 is 1.04 bits per heavy atom. The number of hydrogen-bond donors (Lipinski definition) is 1. The minimum absolute atomic E-state index is 0.0873. The molecule has 0 amide bonds. The summed E-state index contributed by atoms with van der Waals surface area (Å²) in [5.74, 6) is 0.356. The number of methoxy groups -OCH3 is 1. The number of aliphatic hydroxyl groups excluding tert-OH is 1. The molecule has 0 saturated heterocycles. The number of aromatic nitrogens is 1. The van der Waals surface area contributed by atoms with Crippen LogP contribution in [0.25, 0.3) is 21.7 Å². The lowest BCUT2D eigenvalue weighted by atomic mass is 10.1. The molecule has 0 aliphatic carbocycles. The maximum Gasteiger partial charge on any atom is 0.573 e. The largest absolute Gasteiger partial charge is 0.573 e. The van der Waals surface area contributed by atoms with Crippen molar-refractivity contribution in [1.29, 1.82) is 0 Å². The quantitative estimate of drug-likeness (QED) is 0.587. The second kappa shape index (κ2) is 6.16. The normalized spacial score (nSPS) is 11.9. The summed E-state index contributed by atoms with van der Waals surface area (Å²) in [4.78, 5) is 0. The zero-order valence-corrected chi connectivity index (χ0v) is 12.8. The van der Waals surface area contributed by atoms with Gasteiger partial charge in [0.2, 0.25) is 5.52 Å². The van der Waals surface area contributed by atoms with E-state index in [0.29, 0.717) is 17.7 Å². The van der Waals surface area contributed by atoms with Crippen LogP contribution in [-0.2, 0) is 6.54 Å². The first kappa shape index (κ1) is 16.3. The lowest BCUT2D eigenvalue weighted by Crippen LogP contribution is -2.36. The zero-order valence-electron chi connectivity index (χ0n) is 12.8. The summed E-state index contributed by atoms with van der Waals surface area (Å²) < 4.78 is 48.2. The summed E-state index contributed by atoms with van der Waals surface area (Å²) in [6, 6.07) is 9.66. The van der Waals surface area contributed by atoms with E-state index in [1.54, 1.807) is 30.0 Å². The number of halogens is 3. The van der Waals surface area contributed by atoms with Gasteiger partial charge in [-0.25, -0.2) is 0 Å². The number of aliphatic hydroxyl groups is 1. The Kier molecular flexibility index (Phi) is 4.19. The van der Waals surface area contributed by atoms with E-state index in [0.717, 1.165) is 16.3 Å². The molecule has 0 aliphatic rings. The zero-order chi connectivity index (χ0) is 17.3. The molecular weight excluding hydrogens is 323 g/mol. The number of benzene rings is 2. The SMILES string of the molecule is COc1ccc2c(c1)c1ccc(OC(F)(F)F)cc1c[n+]2CCO. The van der Waals surface area contributed by atoms with Gasteiger partial charge in [-0.05, 0) is 30.3 Å². The molecule has 1 N–H and O–H groups in total. The van der Waals surface area contributed by atoms with Gasteiger partial charge >= 0.3 is 6.36 Å². The fraction of sp³-hybridized carbons (Fsp3) is 0.235. The van der Waals surface area contributed by atoms with Gasteiger partial charge in [0.15, 0.2) is 12.7 Å². The van der Waals surface area contributed by atoms with Crippen molar-refractivity contribution in [1.82, 2.24) is 0 Å². The molecule has 0 fully saturated rings. The maximum absolute atomic E-state index is 12.4. The molecule has 3 aromatic rings. The second-order valence-corrected chi connectivity index (χ2v) is 5.23. The van der Waals surface area contributed by atoms with Crippen LogP contribution in [0.1, 0.15) is 0 Å². The van der Waals surface area contributed by atoms with Gasteiger partial charge in [-0.15, -0.1) is 13.2 Å². The molecule has 3 rings (SSSR count). The van der Waals surface area contributed by atoms with Crippen molar-refractivity contribution < 1.29 is 32.3 Å². The van der Waals surface area contributed by atoms with Crippen molar-refractivity contribution in [2.24, 2.45) is 0 Å². The van der Waals surface area contributed by atoms with Crippen molar-refractivity contribution >= 4 is 21.7 Å². The van der Waals surface area contributed by atoms with Crippen LogP contribution in [-0.4, -0.2) is 25.2 Å². The number of rotatable bonds is 4. The van der Waals surface area contributed by atoms with E-state index in [1.807, 2.05) is 12.1 Å². The molecule has 0 saturated carbocycles. The highest BCUT2D eigenvalue weighted by atomic mass is 19.4. The van der Waals surface area contributed by atoms with Crippen LogP contribution >= 0.6 is 0 Å². The van der Waals surface area contributed by atoms with Crippen LogP contribution < -0.4 is 14.0 Å². The summed E-state index contributed by atoms with van der Waals surface area (Å²) in [7, 11) is 1.54. The third kappa shape index (κ3) is 3.21. The molecule has 4 nitrogen and oxygen atoms in total. The molecule has 2 aromatic carbocycles. The number of ether oxygens (including phenoxy) is 2. The van der Waals surface area contributed by atoms with Crippen LogP contribution in [0.3, 0.4) is 0 Å². The lowest BCUT2D eigenvalue weighted by Gasteiger charge is -2.11. The monoisotopic (exact) mass is 338 g/mol. The summed E-state index contributed by atoms with van der Waals surface area (Å²) in [5, 5.41) is 11.4. The van der Waals surface area contributed by atoms with E-state index in [9.17, 15) is 18.3 Å². The molecule has 0 bridgehead atoms. The predicted molar refractivity (Wildman–Crippen MR) is 82.0 cm³/mol. The van der Waals surface area contributed by atoms with E-state index >= 15 is 0 Å². The smallest absolute Gasteiger partial charge is 0.497 e. The van der Waals surface area contributed by atoms with Crippen LogP contribution in [0.5, 0.6) is 11.5 Å². The molecule has 7 heteroatoms. The van der Waals surface area contributed by atoms with Crippen molar-refractivity contribution in [2.75, 3.05) is 13.7 Å². The van der Waals surface area contributed by atoms with E-state index in [-0.39, 0.29) is 12.4 Å². The molecule has 126 valence electrons. The molecule has 0 aliphatic heterocycles. The third-order valence-electron chi connectivity index (χ3n) is 3.70. The molecule has 1 heterocycles. The fourth-order valence-electron chi connectivity index (χ4n) is 2.73. The van der Waals surface area contributed by atoms with Gasteiger partial charge in [-0.3, -0.25) is 0 Å². The highest BCUT2D eigenvalue weighted by molar-refractivity contribution is 6.04. The van der Waals surface area contributed by atoms with Gasteiger partial charge in [0.25, 0.3) is 0 Å². The topological polar surface area (TPSA) is 42.6 Å². The Morgan fingerprint density at radius 3 is 2.46 bits per heavy atom. The Labute approximate surface area is 135 Å². The summed E-state index contributed by atoms with van der Waals surface area (Å²) >= 11 is 0. The first-order chi connectivity index (χ1) is 11.4. The standard InChI is InChI=1S/C17H15F3NO3/c1-23-12-3-5-16-15(9-12)14-4-2-13(24-17(18,19)20)8-11(14)10-21(16)6-7-22/h2-5,8-10,22H,6-7H2,1H3/q+1. The Hall–Kier alpha value is -2.54. The number of pyridine rings is 1. The molecule has 0 radical (unpaired) electrons. The molecule has 24 heavy (non-hydrogen) atoms. The van der Waals surface area contributed by atoms with Crippen LogP contribution in [0.4, 0.5) is 13.2 Å². The predicted octanol–water partition coefficient (Wildman–Crippen LogP) is 3.18. The van der Waals surface area contributed by atoms with E-state index in [4.69, 9.17) is 4.74 Å². The van der Waals surface area contributed by atoms with Gasteiger partial charge < -0.3 is 14.6 Å². The number of fused-ring (bicyclic) bond motifs is 3. The van der Waals surface area contributed by atoms with E-state index in [2.05, 4.69) is 4.74 Å². The van der Waals surface area contributed by atoms with Crippen molar-refractivity contribution in [2.45, 2.75) is 12.9 Å². The second-order valence-electron chi connectivity index (χ2n) is 5.23. The van der Waals surface area contributed by atoms with Crippen molar-refractivity contribution in [3.63, 3.8) is 0 Å². The molecule has 1 aromatic heterocycles. The highest BCUT2D eigenvalue weighted by Gasteiger charge is 2.31. The maximum atomic E-state index is 12.4. The number of nitrogens with zero attached hydrogens (tertiary/aromatic N) is 1. The first-order valence-electron chi connectivity index (χ1n) is 7.22.